The third-order valence-electron chi connectivity index (χ3n) is 2.37. The number of hydrogen-bond donors (Lipinski definition) is 3. The number of carbonyl (C=O) groups excluding carboxylic acids is 2. The van der Waals surface area contributed by atoms with Gasteiger partial charge in [-0.3, -0.25) is 14.9 Å². The number of imide groups is 1. The Kier molecular flexibility index (Phi) is 7.00. The summed E-state index contributed by atoms with van der Waals surface area (Å²) in [6.07, 6.45) is 1.94. The molecule has 0 aliphatic carbocycles. The van der Waals surface area contributed by atoms with Crippen molar-refractivity contribution in [3.8, 4) is 0 Å². The molecule has 0 atom stereocenters. The number of amides is 3. The average Bonchev–Trinajstić information content (AvgIpc) is 2.14. The first-order valence-corrected chi connectivity index (χ1v) is 6.10. The fraction of sp³-hybridized carbons (Fsp3) is 0.750. The largest absolute Gasteiger partial charge is 0.481 e. The minimum atomic E-state index is -0.948. The molecule has 6 nitrogen and oxygen atoms in total. The van der Waals surface area contributed by atoms with Gasteiger partial charge in [-0.1, -0.05) is 13.3 Å². The molecule has 0 aromatic rings. The van der Waals surface area contributed by atoms with Crippen LogP contribution in [0.25, 0.3) is 0 Å². The van der Waals surface area contributed by atoms with E-state index in [1.807, 2.05) is 20.8 Å². The summed E-state index contributed by atoms with van der Waals surface area (Å²) in [4.78, 5) is 33.0. The number of carboxylic acid groups (broad SMARTS) is 1. The molecular weight excluding hydrogens is 236 g/mol. The van der Waals surface area contributed by atoms with Gasteiger partial charge >= 0.3 is 12.0 Å². The lowest BCUT2D eigenvalue weighted by atomic mass is 9.99. The molecule has 0 radical (unpaired) electrons. The highest BCUT2D eigenvalue weighted by molar-refractivity contribution is 5.94. The Bertz CT molecular complexity index is 313. The molecule has 0 aromatic heterocycles. The number of aliphatic carboxylic acids is 1. The summed E-state index contributed by atoms with van der Waals surface area (Å²) < 4.78 is 0. The van der Waals surface area contributed by atoms with Crippen LogP contribution >= 0.6 is 0 Å². The van der Waals surface area contributed by atoms with Crippen molar-refractivity contribution >= 4 is 17.9 Å². The van der Waals surface area contributed by atoms with Crippen LogP contribution in [0.4, 0.5) is 4.79 Å². The lowest BCUT2D eigenvalue weighted by molar-refractivity contribution is -0.137. The van der Waals surface area contributed by atoms with Gasteiger partial charge < -0.3 is 10.4 Å². The molecule has 6 heteroatoms. The van der Waals surface area contributed by atoms with Crippen molar-refractivity contribution in [2.24, 2.45) is 0 Å². The summed E-state index contributed by atoms with van der Waals surface area (Å²) in [5.41, 5.74) is -0.361. The van der Waals surface area contributed by atoms with E-state index in [2.05, 4.69) is 10.6 Å². The third-order valence-corrected chi connectivity index (χ3v) is 2.37. The highest BCUT2D eigenvalue weighted by Crippen LogP contribution is 2.10. The molecule has 3 amide bonds. The van der Waals surface area contributed by atoms with Gasteiger partial charge in [-0.15, -0.1) is 0 Å². The van der Waals surface area contributed by atoms with Crippen LogP contribution in [0, 0.1) is 0 Å². The smallest absolute Gasteiger partial charge is 0.321 e. The highest BCUT2D eigenvalue weighted by Gasteiger charge is 2.20. The molecule has 0 spiro atoms. The zero-order valence-electron chi connectivity index (χ0n) is 11.2. The molecule has 0 aliphatic rings. The second-order valence-corrected chi connectivity index (χ2v) is 4.88. The standard InChI is InChI=1S/C12H22N2O4/c1-4-8-12(2,3)14-11(18)13-9(15)6-5-7-10(16)17/h4-8H2,1-3H3,(H,16,17)(H2,13,14,15,18). The quantitative estimate of drug-likeness (QED) is 0.647. The molecule has 0 aliphatic heterocycles. The van der Waals surface area contributed by atoms with Crippen molar-refractivity contribution in [2.75, 3.05) is 0 Å². The minimum absolute atomic E-state index is 0.0356. The van der Waals surface area contributed by atoms with Crippen molar-refractivity contribution in [2.45, 2.75) is 58.4 Å². The number of nitrogens with one attached hydrogen (secondary N) is 2. The molecule has 0 fully saturated rings. The van der Waals surface area contributed by atoms with Crippen molar-refractivity contribution in [1.82, 2.24) is 10.6 Å². The van der Waals surface area contributed by atoms with Crippen LogP contribution in [0.2, 0.25) is 0 Å². The van der Waals surface area contributed by atoms with E-state index in [0.717, 1.165) is 12.8 Å². The Morgan fingerprint density at radius 1 is 1.17 bits per heavy atom. The zero-order valence-corrected chi connectivity index (χ0v) is 11.2. The Balaban J connectivity index is 3.94. The van der Waals surface area contributed by atoms with Crippen molar-refractivity contribution in [3.63, 3.8) is 0 Å². The summed E-state index contributed by atoms with van der Waals surface area (Å²) in [6, 6.07) is -0.534. The van der Waals surface area contributed by atoms with Crippen molar-refractivity contribution in [3.05, 3.63) is 0 Å². The van der Waals surface area contributed by atoms with Gasteiger partial charge in [0.2, 0.25) is 5.91 Å². The number of carboxylic acids is 1. The van der Waals surface area contributed by atoms with E-state index < -0.39 is 17.9 Å². The number of carbonyl (C=O) groups is 3. The van der Waals surface area contributed by atoms with E-state index in [1.165, 1.54) is 0 Å². The molecule has 0 aromatic carbocycles. The SMILES string of the molecule is CCCC(C)(C)NC(=O)NC(=O)CCCC(=O)O. The molecule has 0 rings (SSSR count). The fourth-order valence-electron chi connectivity index (χ4n) is 1.62. The van der Waals surface area contributed by atoms with Crippen LogP contribution in [0.15, 0.2) is 0 Å². The Hall–Kier alpha value is -1.59. The number of rotatable bonds is 7. The van der Waals surface area contributed by atoms with Gasteiger partial charge in [-0.05, 0) is 26.7 Å². The maximum atomic E-state index is 11.5. The van der Waals surface area contributed by atoms with Crippen LogP contribution in [-0.2, 0) is 9.59 Å². The van der Waals surface area contributed by atoms with Crippen LogP contribution in [0.1, 0.15) is 52.9 Å². The Labute approximate surface area is 107 Å². The van der Waals surface area contributed by atoms with E-state index in [0.29, 0.717) is 0 Å². The minimum Gasteiger partial charge on any atom is -0.481 e. The van der Waals surface area contributed by atoms with Gasteiger partial charge in [-0.2, -0.15) is 0 Å². The predicted octanol–water partition coefficient (Wildman–Crippen LogP) is 1.65. The molecule has 0 saturated heterocycles. The first-order chi connectivity index (χ1) is 8.26. The second-order valence-electron chi connectivity index (χ2n) is 4.88. The molecule has 104 valence electrons. The molecule has 3 N–H and O–H groups in total. The zero-order chi connectivity index (χ0) is 14.2. The Morgan fingerprint density at radius 2 is 1.78 bits per heavy atom. The molecular formula is C12H22N2O4. The summed E-state index contributed by atoms with van der Waals surface area (Å²) in [7, 11) is 0. The second kappa shape index (κ2) is 7.68. The lowest BCUT2D eigenvalue weighted by Crippen LogP contribution is -2.49. The summed E-state index contributed by atoms with van der Waals surface area (Å²) >= 11 is 0. The number of urea groups is 1. The van der Waals surface area contributed by atoms with Crippen LogP contribution in [-0.4, -0.2) is 28.6 Å². The predicted molar refractivity (Wildman–Crippen MR) is 67.1 cm³/mol. The molecule has 0 unspecified atom stereocenters. The third kappa shape index (κ3) is 8.55. The van der Waals surface area contributed by atoms with Gasteiger partial charge in [0.25, 0.3) is 0 Å². The topological polar surface area (TPSA) is 95.5 Å². The summed E-state index contributed by atoms with van der Waals surface area (Å²) in [5, 5.41) is 13.3. The fourth-order valence-corrected chi connectivity index (χ4v) is 1.62. The van der Waals surface area contributed by atoms with Gasteiger partial charge in [0.15, 0.2) is 0 Å². The van der Waals surface area contributed by atoms with Gasteiger partial charge in [0, 0.05) is 18.4 Å². The van der Waals surface area contributed by atoms with E-state index >= 15 is 0 Å². The van der Waals surface area contributed by atoms with Crippen molar-refractivity contribution in [1.29, 1.82) is 0 Å². The van der Waals surface area contributed by atoms with E-state index in [-0.39, 0.29) is 24.8 Å². The van der Waals surface area contributed by atoms with E-state index in [9.17, 15) is 14.4 Å². The first-order valence-electron chi connectivity index (χ1n) is 6.10. The summed E-state index contributed by atoms with van der Waals surface area (Å²) in [5.74, 6) is -1.41. The normalized spacial score (nSPS) is 10.8. The van der Waals surface area contributed by atoms with Crippen LogP contribution in [0.3, 0.4) is 0 Å². The van der Waals surface area contributed by atoms with Gasteiger partial charge in [-0.25, -0.2) is 4.79 Å². The van der Waals surface area contributed by atoms with Crippen LogP contribution < -0.4 is 10.6 Å². The number of hydrogen-bond acceptors (Lipinski definition) is 3. The highest BCUT2D eigenvalue weighted by atomic mass is 16.4. The van der Waals surface area contributed by atoms with Crippen molar-refractivity contribution < 1.29 is 19.5 Å². The maximum absolute atomic E-state index is 11.5. The van der Waals surface area contributed by atoms with Gasteiger partial charge in [0.05, 0.1) is 0 Å². The van der Waals surface area contributed by atoms with E-state index in [1.54, 1.807) is 0 Å². The van der Waals surface area contributed by atoms with E-state index in [4.69, 9.17) is 5.11 Å². The average molecular weight is 258 g/mol. The monoisotopic (exact) mass is 258 g/mol. The van der Waals surface area contributed by atoms with Gasteiger partial charge in [0.1, 0.15) is 0 Å². The van der Waals surface area contributed by atoms with Crippen LogP contribution in [0.5, 0.6) is 0 Å². The summed E-state index contributed by atoms with van der Waals surface area (Å²) in [6.45, 7) is 5.77. The maximum Gasteiger partial charge on any atom is 0.321 e. The molecule has 18 heavy (non-hydrogen) atoms. The lowest BCUT2D eigenvalue weighted by Gasteiger charge is -2.25. The Morgan fingerprint density at radius 3 is 2.28 bits per heavy atom. The molecule has 0 bridgehead atoms. The molecule has 0 saturated carbocycles. The molecule has 0 heterocycles. The first kappa shape index (κ1) is 16.4.